The fourth-order valence-corrected chi connectivity index (χ4v) is 3.48. The molecule has 0 aromatic heterocycles. The van der Waals surface area contributed by atoms with Crippen LogP contribution in [0.25, 0.3) is 0 Å². The van der Waals surface area contributed by atoms with E-state index in [1.807, 2.05) is 0 Å². The molecule has 0 radical (unpaired) electrons. The quantitative estimate of drug-likeness (QED) is 0.747. The predicted molar refractivity (Wildman–Crippen MR) is 103 cm³/mol. The van der Waals surface area contributed by atoms with Crippen molar-refractivity contribution in [2.75, 3.05) is 33.4 Å². The summed E-state index contributed by atoms with van der Waals surface area (Å²) in [6.07, 6.45) is 5.14. The molecule has 140 valence electrons. The van der Waals surface area contributed by atoms with Crippen LogP contribution in [0.4, 0.5) is 0 Å². The second-order valence-corrected chi connectivity index (χ2v) is 7.44. The van der Waals surface area contributed by atoms with Gasteiger partial charge < -0.3 is 15.0 Å². The largest absolute Gasteiger partial charge is 0.384 e. The van der Waals surface area contributed by atoms with Crippen molar-refractivity contribution in [3.05, 3.63) is 35.4 Å². The molecule has 4 nitrogen and oxygen atoms in total. The molecule has 0 aliphatic carbocycles. The normalized spacial score (nSPS) is 16.3. The summed E-state index contributed by atoms with van der Waals surface area (Å²) < 4.78 is 4.91. The summed E-state index contributed by atoms with van der Waals surface area (Å²) in [5, 5.41) is 2.94. The molecule has 1 amide bonds. The van der Waals surface area contributed by atoms with Gasteiger partial charge in [-0.3, -0.25) is 4.79 Å². The zero-order valence-corrected chi connectivity index (χ0v) is 16.1. The lowest BCUT2D eigenvalue weighted by molar-refractivity contribution is -0.121. The molecule has 0 unspecified atom stereocenters. The first-order chi connectivity index (χ1) is 12.1. The van der Waals surface area contributed by atoms with Crippen LogP contribution >= 0.6 is 0 Å². The van der Waals surface area contributed by atoms with E-state index >= 15 is 0 Å². The number of nitrogens with zero attached hydrogens (tertiary/aromatic N) is 1. The number of carbonyl (C=O) groups is 1. The third kappa shape index (κ3) is 7.17. The standard InChI is InChI=1S/C21H34N2O2/c1-17(2)23-13-9-20(10-14-23)16-19-6-4-18(5-7-19)8-12-22-21(24)11-15-25-3/h4-7,17,20H,8-16H2,1-3H3,(H,22,24). The molecular formula is C21H34N2O2. The maximum Gasteiger partial charge on any atom is 0.222 e. The van der Waals surface area contributed by atoms with Crippen LogP contribution in [-0.2, 0) is 22.4 Å². The number of rotatable bonds is 9. The van der Waals surface area contributed by atoms with Crippen molar-refractivity contribution >= 4 is 5.91 Å². The Morgan fingerprint density at radius 2 is 1.84 bits per heavy atom. The number of ether oxygens (including phenoxy) is 1. The van der Waals surface area contributed by atoms with Gasteiger partial charge in [0.25, 0.3) is 0 Å². The highest BCUT2D eigenvalue weighted by Crippen LogP contribution is 2.23. The average Bonchev–Trinajstić information content (AvgIpc) is 2.62. The molecule has 25 heavy (non-hydrogen) atoms. The van der Waals surface area contributed by atoms with Crippen LogP contribution in [-0.4, -0.2) is 50.2 Å². The summed E-state index contributed by atoms with van der Waals surface area (Å²) in [6, 6.07) is 9.61. The van der Waals surface area contributed by atoms with Gasteiger partial charge in [-0.25, -0.2) is 0 Å². The van der Waals surface area contributed by atoms with Gasteiger partial charge in [0.15, 0.2) is 0 Å². The number of nitrogens with one attached hydrogen (secondary N) is 1. The van der Waals surface area contributed by atoms with Crippen LogP contribution in [0.2, 0.25) is 0 Å². The summed E-state index contributed by atoms with van der Waals surface area (Å²) in [6.45, 7) is 8.23. The second kappa shape index (κ2) is 10.6. The summed E-state index contributed by atoms with van der Waals surface area (Å²) in [5.41, 5.74) is 2.72. The first kappa shape index (κ1) is 19.9. The molecule has 4 heteroatoms. The van der Waals surface area contributed by atoms with Crippen LogP contribution in [0.3, 0.4) is 0 Å². The maximum atomic E-state index is 11.5. The minimum absolute atomic E-state index is 0.0613. The van der Waals surface area contributed by atoms with Crippen molar-refractivity contribution in [2.45, 2.75) is 52.0 Å². The lowest BCUT2D eigenvalue weighted by Crippen LogP contribution is -2.38. The first-order valence-electron chi connectivity index (χ1n) is 9.66. The van der Waals surface area contributed by atoms with Gasteiger partial charge in [-0.2, -0.15) is 0 Å². The molecule has 0 atom stereocenters. The van der Waals surface area contributed by atoms with Crippen molar-refractivity contribution in [1.82, 2.24) is 10.2 Å². The Bertz CT molecular complexity index is 505. The van der Waals surface area contributed by atoms with Gasteiger partial charge in [0.2, 0.25) is 5.91 Å². The molecule has 1 fully saturated rings. The molecule has 1 aromatic carbocycles. The van der Waals surface area contributed by atoms with E-state index in [1.54, 1.807) is 7.11 Å². The fourth-order valence-electron chi connectivity index (χ4n) is 3.48. The van der Waals surface area contributed by atoms with E-state index in [1.165, 1.54) is 43.5 Å². The number of carbonyl (C=O) groups excluding carboxylic acids is 1. The van der Waals surface area contributed by atoms with Crippen LogP contribution < -0.4 is 5.32 Å². The molecule has 0 saturated carbocycles. The highest BCUT2D eigenvalue weighted by atomic mass is 16.5. The van der Waals surface area contributed by atoms with E-state index in [-0.39, 0.29) is 5.91 Å². The lowest BCUT2D eigenvalue weighted by Gasteiger charge is -2.34. The Hall–Kier alpha value is -1.39. The van der Waals surface area contributed by atoms with Gasteiger partial charge >= 0.3 is 0 Å². The van der Waals surface area contributed by atoms with Crippen molar-refractivity contribution in [2.24, 2.45) is 5.92 Å². The topological polar surface area (TPSA) is 41.6 Å². The van der Waals surface area contributed by atoms with Crippen LogP contribution in [0.15, 0.2) is 24.3 Å². The number of hydrogen-bond donors (Lipinski definition) is 1. The van der Waals surface area contributed by atoms with Crippen LogP contribution in [0, 0.1) is 5.92 Å². The highest BCUT2D eigenvalue weighted by molar-refractivity contribution is 5.75. The average molecular weight is 347 g/mol. The van der Waals surface area contributed by atoms with Gasteiger partial charge in [0.05, 0.1) is 6.61 Å². The fraction of sp³-hybridized carbons (Fsp3) is 0.667. The van der Waals surface area contributed by atoms with E-state index in [9.17, 15) is 4.79 Å². The molecule has 2 rings (SSSR count). The number of amides is 1. The summed E-state index contributed by atoms with van der Waals surface area (Å²) in [4.78, 5) is 14.1. The monoisotopic (exact) mass is 346 g/mol. The van der Waals surface area contributed by atoms with Crippen molar-refractivity contribution in [3.63, 3.8) is 0 Å². The number of hydrogen-bond acceptors (Lipinski definition) is 3. The SMILES string of the molecule is COCCC(=O)NCCc1ccc(CC2CCN(C(C)C)CC2)cc1. The van der Waals surface area contributed by atoms with Gasteiger partial charge in [0, 0.05) is 26.1 Å². The molecule has 1 aliphatic heterocycles. The third-order valence-electron chi connectivity index (χ3n) is 5.20. The van der Waals surface area contributed by atoms with Crippen molar-refractivity contribution in [1.29, 1.82) is 0 Å². The summed E-state index contributed by atoms with van der Waals surface area (Å²) in [5.74, 6) is 0.882. The molecule has 1 aliphatic rings. The van der Waals surface area contributed by atoms with Crippen molar-refractivity contribution < 1.29 is 9.53 Å². The Morgan fingerprint density at radius 1 is 1.20 bits per heavy atom. The first-order valence-corrected chi connectivity index (χ1v) is 9.66. The lowest BCUT2D eigenvalue weighted by atomic mass is 9.89. The molecule has 0 bridgehead atoms. The van der Waals surface area contributed by atoms with Crippen LogP contribution in [0.1, 0.15) is 44.2 Å². The van der Waals surface area contributed by atoms with Gasteiger partial charge in [-0.15, -0.1) is 0 Å². The Labute approximate surface area is 152 Å². The highest BCUT2D eigenvalue weighted by Gasteiger charge is 2.20. The van der Waals surface area contributed by atoms with E-state index in [0.29, 0.717) is 25.6 Å². The molecule has 1 aromatic rings. The summed E-state index contributed by atoms with van der Waals surface area (Å²) in [7, 11) is 1.61. The molecule has 0 spiro atoms. The number of piperidine rings is 1. The minimum Gasteiger partial charge on any atom is -0.384 e. The Morgan fingerprint density at radius 3 is 2.44 bits per heavy atom. The Balaban J connectivity index is 1.69. The van der Waals surface area contributed by atoms with E-state index in [0.717, 1.165) is 12.3 Å². The van der Waals surface area contributed by atoms with E-state index < -0.39 is 0 Å². The van der Waals surface area contributed by atoms with Crippen molar-refractivity contribution in [3.8, 4) is 0 Å². The molecular weight excluding hydrogens is 312 g/mol. The number of benzene rings is 1. The molecule has 1 saturated heterocycles. The van der Waals surface area contributed by atoms with Gasteiger partial charge in [0.1, 0.15) is 0 Å². The number of methoxy groups -OCH3 is 1. The minimum atomic E-state index is 0.0613. The zero-order valence-electron chi connectivity index (χ0n) is 16.1. The summed E-state index contributed by atoms with van der Waals surface area (Å²) >= 11 is 0. The Kier molecular flexibility index (Phi) is 8.42. The predicted octanol–water partition coefficient (Wildman–Crippen LogP) is 3.04. The zero-order chi connectivity index (χ0) is 18.1. The second-order valence-electron chi connectivity index (χ2n) is 7.44. The maximum absolute atomic E-state index is 11.5. The molecule has 1 heterocycles. The van der Waals surface area contributed by atoms with E-state index in [2.05, 4.69) is 48.3 Å². The van der Waals surface area contributed by atoms with Crippen LogP contribution in [0.5, 0.6) is 0 Å². The third-order valence-corrected chi connectivity index (χ3v) is 5.20. The molecule has 1 N–H and O–H groups in total. The number of likely N-dealkylation sites (tertiary alicyclic amines) is 1. The van der Waals surface area contributed by atoms with Gasteiger partial charge in [-0.1, -0.05) is 24.3 Å². The van der Waals surface area contributed by atoms with E-state index in [4.69, 9.17) is 4.74 Å². The van der Waals surface area contributed by atoms with Gasteiger partial charge in [-0.05, 0) is 69.7 Å². The smallest absolute Gasteiger partial charge is 0.222 e.